The standard InChI is InChI=1S/C15H15ClN2/c1-10-4-15(9-17-8-10)18-14-6-11-2-3-13(16)5-12(11)7-14/h2-5,8-9,14,18H,6-7H2,1H3. The minimum absolute atomic E-state index is 0.446. The second-order valence-electron chi connectivity index (χ2n) is 4.91. The molecule has 0 bridgehead atoms. The van der Waals surface area contributed by atoms with Gasteiger partial charge in [-0.2, -0.15) is 0 Å². The molecule has 2 aromatic rings. The van der Waals surface area contributed by atoms with E-state index in [1.165, 1.54) is 16.7 Å². The maximum atomic E-state index is 6.02. The molecule has 1 aromatic carbocycles. The topological polar surface area (TPSA) is 24.9 Å². The van der Waals surface area contributed by atoms with Crippen molar-refractivity contribution in [3.8, 4) is 0 Å². The fraction of sp³-hybridized carbons (Fsp3) is 0.267. The van der Waals surface area contributed by atoms with Gasteiger partial charge in [-0.3, -0.25) is 4.98 Å². The molecule has 3 rings (SSSR count). The highest BCUT2D eigenvalue weighted by molar-refractivity contribution is 6.30. The van der Waals surface area contributed by atoms with Crippen molar-refractivity contribution in [1.29, 1.82) is 0 Å². The van der Waals surface area contributed by atoms with Crippen molar-refractivity contribution < 1.29 is 0 Å². The van der Waals surface area contributed by atoms with Crippen molar-refractivity contribution in [3.05, 3.63) is 58.4 Å². The van der Waals surface area contributed by atoms with Crippen LogP contribution < -0.4 is 5.32 Å². The maximum Gasteiger partial charge on any atom is 0.0531 e. The highest BCUT2D eigenvalue weighted by atomic mass is 35.5. The third-order valence-electron chi connectivity index (χ3n) is 3.35. The van der Waals surface area contributed by atoms with Gasteiger partial charge < -0.3 is 5.32 Å². The minimum atomic E-state index is 0.446. The van der Waals surface area contributed by atoms with Crippen LogP contribution in [-0.4, -0.2) is 11.0 Å². The second-order valence-corrected chi connectivity index (χ2v) is 5.35. The third-order valence-corrected chi connectivity index (χ3v) is 3.58. The lowest BCUT2D eigenvalue weighted by atomic mass is 10.1. The first-order valence-electron chi connectivity index (χ1n) is 6.16. The molecule has 0 amide bonds. The van der Waals surface area contributed by atoms with Crippen LogP contribution in [0.3, 0.4) is 0 Å². The molecule has 1 unspecified atom stereocenters. The van der Waals surface area contributed by atoms with Crippen molar-refractivity contribution in [2.75, 3.05) is 5.32 Å². The molecule has 1 N–H and O–H groups in total. The number of pyridine rings is 1. The van der Waals surface area contributed by atoms with Gasteiger partial charge in [0, 0.05) is 23.5 Å². The average Bonchev–Trinajstić information content (AvgIpc) is 2.70. The van der Waals surface area contributed by atoms with Gasteiger partial charge in [0.25, 0.3) is 0 Å². The van der Waals surface area contributed by atoms with Gasteiger partial charge in [0.05, 0.1) is 5.69 Å². The molecule has 1 heterocycles. The lowest BCUT2D eigenvalue weighted by molar-refractivity contribution is 0.773. The summed E-state index contributed by atoms with van der Waals surface area (Å²) in [5, 5.41) is 4.37. The Balaban J connectivity index is 1.74. The first kappa shape index (κ1) is 11.5. The number of nitrogens with one attached hydrogen (secondary N) is 1. The Labute approximate surface area is 112 Å². The molecule has 1 aliphatic carbocycles. The van der Waals surface area contributed by atoms with E-state index in [4.69, 9.17) is 11.6 Å². The molecule has 1 aliphatic rings. The molecule has 0 fully saturated rings. The lowest BCUT2D eigenvalue weighted by Crippen LogP contribution is -2.19. The summed E-state index contributed by atoms with van der Waals surface area (Å²) in [7, 11) is 0. The molecule has 0 radical (unpaired) electrons. The van der Waals surface area contributed by atoms with Gasteiger partial charge in [-0.05, 0) is 54.7 Å². The Kier molecular flexibility index (Phi) is 2.96. The number of rotatable bonds is 2. The number of halogens is 1. The highest BCUT2D eigenvalue weighted by Gasteiger charge is 2.21. The number of aryl methyl sites for hydroxylation is 1. The van der Waals surface area contributed by atoms with Gasteiger partial charge in [0.15, 0.2) is 0 Å². The first-order chi connectivity index (χ1) is 8.70. The summed E-state index contributed by atoms with van der Waals surface area (Å²) < 4.78 is 0. The Morgan fingerprint density at radius 2 is 2.00 bits per heavy atom. The summed E-state index contributed by atoms with van der Waals surface area (Å²) >= 11 is 6.02. The number of nitrogens with zero attached hydrogens (tertiary/aromatic N) is 1. The van der Waals surface area contributed by atoms with E-state index in [1.54, 1.807) is 0 Å². The summed E-state index contributed by atoms with van der Waals surface area (Å²) in [5.74, 6) is 0. The fourth-order valence-electron chi connectivity index (χ4n) is 2.56. The van der Waals surface area contributed by atoms with Gasteiger partial charge in [-0.25, -0.2) is 0 Å². The largest absolute Gasteiger partial charge is 0.380 e. The highest BCUT2D eigenvalue weighted by Crippen LogP contribution is 2.27. The molecule has 0 aliphatic heterocycles. The van der Waals surface area contributed by atoms with E-state index < -0.39 is 0 Å². The Bertz CT molecular complexity index is 580. The zero-order valence-electron chi connectivity index (χ0n) is 10.3. The zero-order valence-corrected chi connectivity index (χ0v) is 11.0. The molecular weight excluding hydrogens is 244 g/mol. The number of fused-ring (bicyclic) bond motifs is 1. The average molecular weight is 259 g/mol. The first-order valence-corrected chi connectivity index (χ1v) is 6.54. The van der Waals surface area contributed by atoms with Gasteiger partial charge in [-0.15, -0.1) is 0 Å². The number of hydrogen-bond acceptors (Lipinski definition) is 2. The van der Waals surface area contributed by atoms with E-state index in [2.05, 4.69) is 35.4 Å². The number of anilines is 1. The van der Waals surface area contributed by atoms with E-state index in [-0.39, 0.29) is 0 Å². The fourth-order valence-corrected chi connectivity index (χ4v) is 2.75. The van der Waals surface area contributed by atoms with Crippen LogP contribution in [0.2, 0.25) is 5.02 Å². The summed E-state index contributed by atoms with van der Waals surface area (Å²) in [6.45, 7) is 2.06. The minimum Gasteiger partial charge on any atom is -0.380 e. The van der Waals surface area contributed by atoms with Crippen molar-refractivity contribution in [3.63, 3.8) is 0 Å². The monoisotopic (exact) mass is 258 g/mol. The zero-order chi connectivity index (χ0) is 12.5. The predicted molar refractivity (Wildman–Crippen MR) is 75.2 cm³/mol. The molecule has 2 nitrogen and oxygen atoms in total. The van der Waals surface area contributed by atoms with Crippen LogP contribution >= 0.6 is 11.6 Å². The van der Waals surface area contributed by atoms with Crippen LogP contribution in [0.5, 0.6) is 0 Å². The van der Waals surface area contributed by atoms with Gasteiger partial charge in [-0.1, -0.05) is 17.7 Å². The number of benzene rings is 1. The van der Waals surface area contributed by atoms with Crippen molar-refractivity contribution in [2.45, 2.75) is 25.8 Å². The van der Waals surface area contributed by atoms with Crippen LogP contribution in [-0.2, 0) is 12.8 Å². The van der Waals surface area contributed by atoms with Gasteiger partial charge in [0.2, 0.25) is 0 Å². The second kappa shape index (κ2) is 4.62. The molecule has 1 atom stereocenters. The molecule has 18 heavy (non-hydrogen) atoms. The van der Waals surface area contributed by atoms with E-state index in [9.17, 15) is 0 Å². The van der Waals surface area contributed by atoms with Crippen LogP contribution in [0.25, 0.3) is 0 Å². The number of hydrogen-bond donors (Lipinski definition) is 1. The Morgan fingerprint density at radius 3 is 2.83 bits per heavy atom. The summed E-state index contributed by atoms with van der Waals surface area (Å²) in [6, 6.07) is 8.75. The van der Waals surface area contributed by atoms with E-state index in [1.807, 2.05) is 18.5 Å². The normalized spacial score (nSPS) is 17.6. The molecule has 3 heteroatoms. The van der Waals surface area contributed by atoms with Crippen molar-refractivity contribution in [2.24, 2.45) is 0 Å². The molecular formula is C15H15ClN2. The SMILES string of the molecule is Cc1cncc(NC2Cc3ccc(Cl)cc3C2)c1. The van der Waals surface area contributed by atoms with Crippen molar-refractivity contribution in [1.82, 2.24) is 4.98 Å². The maximum absolute atomic E-state index is 6.02. The Morgan fingerprint density at radius 1 is 1.17 bits per heavy atom. The predicted octanol–water partition coefficient (Wildman–Crippen LogP) is 3.62. The van der Waals surface area contributed by atoms with Gasteiger partial charge >= 0.3 is 0 Å². The molecule has 1 aromatic heterocycles. The van der Waals surface area contributed by atoms with Crippen molar-refractivity contribution >= 4 is 17.3 Å². The summed E-state index contributed by atoms with van der Waals surface area (Å²) in [5.41, 5.74) is 5.04. The van der Waals surface area contributed by atoms with Crippen LogP contribution in [0.15, 0.2) is 36.7 Å². The third kappa shape index (κ3) is 2.34. The smallest absolute Gasteiger partial charge is 0.0531 e. The van der Waals surface area contributed by atoms with Crippen LogP contribution in [0, 0.1) is 6.92 Å². The summed E-state index contributed by atoms with van der Waals surface area (Å²) in [4.78, 5) is 4.21. The summed E-state index contributed by atoms with van der Waals surface area (Å²) in [6.07, 6.45) is 5.83. The molecule has 0 saturated heterocycles. The van der Waals surface area contributed by atoms with E-state index in [0.29, 0.717) is 6.04 Å². The quantitative estimate of drug-likeness (QED) is 0.890. The molecule has 0 spiro atoms. The molecule has 92 valence electrons. The van der Waals surface area contributed by atoms with Crippen LogP contribution in [0.4, 0.5) is 5.69 Å². The van der Waals surface area contributed by atoms with E-state index in [0.717, 1.165) is 23.6 Å². The van der Waals surface area contributed by atoms with E-state index >= 15 is 0 Å². The van der Waals surface area contributed by atoms with Gasteiger partial charge in [0.1, 0.15) is 0 Å². The lowest BCUT2D eigenvalue weighted by Gasteiger charge is -2.13. The Hall–Kier alpha value is -1.54. The number of aromatic nitrogens is 1. The van der Waals surface area contributed by atoms with Crippen LogP contribution in [0.1, 0.15) is 16.7 Å². The molecule has 0 saturated carbocycles.